The fourth-order valence-electron chi connectivity index (χ4n) is 2.95. The molecule has 0 radical (unpaired) electrons. The maximum Gasteiger partial charge on any atom is 0.273 e. The number of benzene rings is 1. The first-order chi connectivity index (χ1) is 13.6. The molecule has 0 atom stereocenters. The molecule has 1 fully saturated rings. The van der Waals surface area contributed by atoms with Crippen LogP contribution in [0.3, 0.4) is 0 Å². The number of thiazole rings is 1. The van der Waals surface area contributed by atoms with E-state index in [0.717, 1.165) is 10.6 Å². The van der Waals surface area contributed by atoms with Gasteiger partial charge in [0.2, 0.25) is 5.91 Å². The number of aromatic nitrogens is 1. The summed E-state index contributed by atoms with van der Waals surface area (Å²) >= 11 is 7.46. The number of carbonyl (C=O) groups excluding carboxylic acids is 2. The first kappa shape index (κ1) is 20.7. The van der Waals surface area contributed by atoms with Gasteiger partial charge in [0.1, 0.15) is 10.7 Å². The van der Waals surface area contributed by atoms with Gasteiger partial charge < -0.3 is 15.0 Å². The van der Waals surface area contributed by atoms with Crippen molar-refractivity contribution in [2.45, 2.75) is 0 Å². The van der Waals surface area contributed by atoms with Crippen LogP contribution in [0.2, 0.25) is 5.02 Å². The van der Waals surface area contributed by atoms with Gasteiger partial charge in [-0.15, -0.1) is 11.3 Å². The average molecular weight is 423 g/mol. The highest BCUT2D eigenvalue weighted by Gasteiger charge is 2.25. The van der Waals surface area contributed by atoms with Crippen LogP contribution in [-0.2, 0) is 9.53 Å². The zero-order valence-corrected chi connectivity index (χ0v) is 17.3. The number of methoxy groups -OCH3 is 1. The number of halogens is 1. The molecule has 0 bridgehead atoms. The molecular formula is C19H23ClN4O3S. The van der Waals surface area contributed by atoms with E-state index in [2.05, 4.69) is 10.3 Å². The van der Waals surface area contributed by atoms with Crippen molar-refractivity contribution in [3.05, 3.63) is 40.4 Å². The lowest BCUT2D eigenvalue weighted by Gasteiger charge is -2.33. The van der Waals surface area contributed by atoms with E-state index in [1.165, 1.54) is 11.3 Å². The molecule has 2 aromatic rings. The Morgan fingerprint density at radius 3 is 2.79 bits per heavy atom. The molecule has 2 heterocycles. The number of nitrogens with one attached hydrogen (secondary N) is 1. The van der Waals surface area contributed by atoms with Gasteiger partial charge in [-0.2, -0.15) is 0 Å². The monoisotopic (exact) mass is 422 g/mol. The third-order valence-corrected chi connectivity index (χ3v) is 5.58. The third-order valence-electron chi connectivity index (χ3n) is 4.45. The fraction of sp³-hybridized carbons (Fsp3) is 0.421. The Morgan fingerprint density at radius 2 is 2.07 bits per heavy atom. The van der Waals surface area contributed by atoms with Crippen molar-refractivity contribution in [2.24, 2.45) is 0 Å². The minimum Gasteiger partial charge on any atom is -0.383 e. The van der Waals surface area contributed by atoms with Crippen LogP contribution in [0.1, 0.15) is 10.5 Å². The zero-order chi connectivity index (χ0) is 19.9. The van der Waals surface area contributed by atoms with Gasteiger partial charge in [0.15, 0.2) is 0 Å². The maximum atomic E-state index is 12.7. The summed E-state index contributed by atoms with van der Waals surface area (Å²) in [5.74, 6) is -0.101. The normalized spacial score (nSPS) is 14.9. The summed E-state index contributed by atoms with van der Waals surface area (Å²) in [6.45, 7) is 3.82. The van der Waals surface area contributed by atoms with Crippen molar-refractivity contribution in [2.75, 3.05) is 53.0 Å². The van der Waals surface area contributed by atoms with Gasteiger partial charge in [-0.25, -0.2) is 4.98 Å². The summed E-state index contributed by atoms with van der Waals surface area (Å²) < 4.78 is 4.92. The summed E-state index contributed by atoms with van der Waals surface area (Å²) in [6, 6.07) is 7.44. The highest BCUT2D eigenvalue weighted by molar-refractivity contribution is 7.13. The molecule has 150 valence electrons. The second-order valence-electron chi connectivity index (χ2n) is 6.46. The van der Waals surface area contributed by atoms with Crippen LogP contribution in [-0.4, -0.2) is 79.6 Å². The fourth-order valence-corrected chi connectivity index (χ4v) is 3.93. The molecule has 1 aliphatic heterocycles. The number of carbonyl (C=O) groups is 2. The van der Waals surface area contributed by atoms with E-state index in [-0.39, 0.29) is 11.8 Å². The second-order valence-corrected chi connectivity index (χ2v) is 7.75. The smallest absolute Gasteiger partial charge is 0.273 e. The Bertz CT molecular complexity index is 821. The van der Waals surface area contributed by atoms with Crippen LogP contribution in [0.4, 0.5) is 0 Å². The second kappa shape index (κ2) is 9.97. The molecular weight excluding hydrogens is 400 g/mol. The van der Waals surface area contributed by atoms with E-state index >= 15 is 0 Å². The molecule has 1 aliphatic rings. The van der Waals surface area contributed by atoms with Gasteiger partial charge in [0, 0.05) is 55.8 Å². The number of amides is 2. The van der Waals surface area contributed by atoms with Crippen molar-refractivity contribution in [1.82, 2.24) is 20.1 Å². The van der Waals surface area contributed by atoms with Crippen molar-refractivity contribution in [1.29, 1.82) is 0 Å². The third kappa shape index (κ3) is 5.51. The quantitative estimate of drug-likeness (QED) is 0.690. The lowest BCUT2D eigenvalue weighted by molar-refractivity contribution is -0.122. The Labute approximate surface area is 173 Å². The van der Waals surface area contributed by atoms with Crippen molar-refractivity contribution in [3.8, 4) is 10.6 Å². The van der Waals surface area contributed by atoms with Crippen molar-refractivity contribution < 1.29 is 14.3 Å². The van der Waals surface area contributed by atoms with Crippen molar-refractivity contribution >= 4 is 34.8 Å². The molecule has 1 saturated heterocycles. The van der Waals surface area contributed by atoms with Gasteiger partial charge in [-0.1, -0.05) is 23.7 Å². The van der Waals surface area contributed by atoms with Gasteiger partial charge in [-0.3, -0.25) is 14.5 Å². The summed E-state index contributed by atoms with van der Waals surface area (Å²) in [6.07, 6.45) is 0. The molecule has 2 amide bonds. The van der Waals surface area contributed by atoms with Gasteiger partial charge in [-0.05, 0) is 12.1 Å². The summed E-state index contributed by atoms with van der Waals surface area (Å²) in [4.78, 5) is 32.9. The van der Waals surface area contributed by atoms with Crippen LogP contribution in [0, 0.1) is 0 Å². The molecule has 1 aromatic heterocycles. The lowest BCUT2D eigenvalue weighted by atomic mass is 10.2. The maximum absolute atomic E-state index is 12.7. The molecule has 1 N–H and O–H groups in total. The predicted molar refractivity (Wildman–Crippen MR) is 110 cm³/mol. The minimum absolute atomic E-state index is 0.0255. The Hall–Kier alpha value is -2.00. The van der Waals surface area contributed by atoms with Crippen LogP contribution in [0.5, 0.6) is 0 Å². The molecule has 1 aromatic carbocycles. The standard InChI is InChI=1S/C19H23ClN4O3S/c1-27-10-5-21-17(25)12-23-6-8-24(9-7-23)19(26)16-13-28-18(22-16)14-3-2-4-15(20)11-14/h2-4,11,13H,5-10,12H2,1H3,(H,21,25). The Morgan fingerprint density at radius 1 is 1.29 bits per heavy atom. The average Bonchev–Trinajstić information content (AvgIpc) is 3.18. The van der Waals surface area contributed by atoms with Crippen LogP contribution >= 0.6 is 22.9 Å². The van der Waals surface area contributed by atoms with E-state index in [1.54, 1.807) is 17.4 Å². The number of hydrogen-bond donors (Lipinski definition) is 1. The van der Waals surface area contributed by atoms with Gasteiger partial charge in [0.25, 0.3) is 5.91 Å². The molecule has 0 aliphatic carbocycles. The van der Waals surface area contributed by atoms with E-state index in [1.807, 2.05) is 29.2 Å². The van der Waals surface area contributed by atoms with Gasteiger partial charge in [0.05, 0.1) is 13.2 Å². The number of rotatable bonds is 7. The highest BCUT2D eigenvalue weighted by Crippen LogP contribution is 2.26. The van der Waals surface area contributed by atoms with Crippen LogP contribution < -0.4 is 5.32 Å². The largest absolute Gasteiger partial charge is 0.383 e. The highest BCUT2D eigenvalue weighted by atomic mass is 35.5. The number of ether oxygens (including phenoxy) is 1. The number of piperazine rings is 1. The zero-order valence-electron chi connectivity index (χ0n) is 15.7. The van der Waals surface area contributed by atoms with Crippen LogP contribution in [0.25, 0.3) is 10.6 Å². The molecule has 9 heteroatoms. The van der Waals surface area contributed by atoms with E-state index in [0.29, 0.717) is 56.6 Å². The first-order valence-electron chi connectivity index (χ1n) is 9.05. The van der Waals surface area contributed by atoms with E-state index < -0.39 is 0 Å². The minimum atomic E-state index is -0.0753. The molecule has 28 heavy (non-hydrogen) atoms. The Balaban J connectivity index is 1.51. The first-order valence-corrected chi connectivity index (χ1v) is 10.3. The summed E-state index contributed by atoms with van der Waals surface area (Å²) in [5.41, 5.74) is 1.35. The van der Waals surface area contributed by atoms with E-state index in [4.69, 9.17) is 16.3 Å². The van der Waals surface area contributed by atoms with Crippen LogP contribution in [0.15, 0.2) is 29.6 Å². The summed E-state index contributed by atoms with van der Waals surface area (Å²) in [5, 5.41) is 6.01. The molecule has 7 nitrogen and oxygen atoms in total. The topological polar surface area (TPSA) is 74.8 Å². The molecule has 0 unspecified atom stereocenters. The number of hydrogen-bond acceptors (Lipinski definition) is 6. The SMILES string of the molecule is COCCNC(=O)CN1CCN(C(=O)c2csc(-c3cccc(Cl)c3)n2)CC1. The predicted octanol–water partition coefficient (Wildman–Crippen LogP) is 1.98. The lowest BCUT2D eigenvalue weighted by Crippen LogP contribution is -2.51. The van der Waals surface area contributed by atoms with Gasteiger partial charge >= 0.3 is 0 Å². The number of nitrogens with zero attached hydrogens (tertiary/aromatic N) is 3. The molecule has 3 rings (SSSR count). The van der Waals surface area contributed by atoms with E-state index in [9.17, 15) is 9.59 Å². The van der Waals surface area contributed by atoms with Crippen molar-refractivity contribution in [3.63, 3.8) is 0 Å². The Kier molecular flexibility index (Phi) is 7.38. The summed E-state index contributed by atoms with van der Waals surface area (Å²) in [7, 11) is 1.60. The molecule has 0 saturated carbocycles. The molecule has 0 spiro atoms.